The molecule has 1 aliphatic heterocycles. The number of benzene rings is 2. The number of carbonyl (C=O) groups is 2. The van der Waals surface area contributed by atoms with Crippen molar-refractivity contribution in [2.24, 2.45) is 0 Å². The molecule has 0 radical (unpaired) electrons. The Balaban J connectivity index is 2.03. The molecule has 0 saturated carbocycles. The molecule has 0 fully saturated rings. The molecule has 2 amide bonds. The number of nitrogens with zero attached hydrogens (tertiary/aromatic N) is 4. The summed E-state index contributed by atoms with van der Waals surface area (Å²) < 4.78 is 0. The van der Waals surface area contributed by atoms with Gasteiger partial charge >= 0.3 is 0 Å². The number of amides is 2. The first-order valence-electron chi connectivity index (χ1n) is 9.58. The number of halogens is 1. The van der Waals surface area contributed by atoms with Crippen molar-refractivity contribution in [2.75, 3.05) is 15.7 Å². The van der Waals surface area contributed by atoms with Crippen LogP contribution >= 0.6 is 11.6 Å². The van der Waals surface area contributed by atoms with E-state index in [1.165, 1.54) is 11.1 Å². The molecule has 6 nitrogen and oxygen atoms in total. The van der Waals surface area contributed by atoms with Crippen LogP contribution in [-0.2, 0) is 4.79 Å². The molecule has 0 aliphatic carbocycles. The zero-order valence-corrected chi connectivity index (χ0v) is 17.7. The molecule has 2 heterocycles. The lowest BCUT2D eigenvalue weighted by atomic mass is 10.0. The van der Waals surface area contributed by atoms with E-state index in [0.29, 0.717) is 17.2 Å². The van der Waals surface area contributed by atoms with Gasteiger partial charge in [-0.05, 0) is 32.9 Å². The molecular formula is C23H21ClN4O2. The van der Waals surface area contributed by atoms with Crippen LogP contribution in [0.5, 0.6) is 0 Å². The van der Waals surface area contributed by atoms with Gasteiger partial charge in [-0.25, -0.2) is 9.97 Å². The summed E-state index contributed by atoms with van der Waals surface area (Å²) in [6.07, 6.45) is 1.49. The van der Waals surface area contributed by atoms with E-state index < -0.39 is 5.54 Å². The molecule has 0 spiro atoms. The summed E-state index contributed by atoms with van der Waals surface area (Å²) in [5.74, 6) is -0.224. The molecule has 7 heteroatoms. The number of rotatable bonds is 2. The molecule has 30 heavy (non-hydrogen) atoms. The SMILES string of the molecule is CC(C)(C)N1C(=O)c2cnc(-c3ccccc3)nc2N(C(=O)CCl)c2ccccc21. The normalized spacial score (nSPS) is 13.5. The van der Waals surface area contributed by atoms with Crippen LogP contribution < -0.4 is 9.80 Å². The molecule has 1 aliphatic rings. The van der Waals surface area contributed by atoms with Crippen molar-refractivity contribution in [3.05, 3.63) is 66.4 Å². The zero-order valence-electron chi connectivity index (χ0n) is 17.0. The van der Waals surface area contributed by atoms with Gasteiger partial charge in [0, 0.05) is 17.3 Å². The average Bonchev–Trinajstić information content (AvgIpc) is 2.85. The van der Waals surface area contributed by atoms with Crippen LogP contribution in [0, 0.1) is 0 Å². The third kappa shape index (κ3) is 3.33. The second-order valence-corrected chi connectivity index (χ2v) is 8.23. The van der Waals surface area contributed by atoms with Crippen molar-refractivity contribution < 1.29 is 9.59 Å². The number of fused-ring (bicyclic) bond motifs is 2. The summed E-state index contributed by atoms with van der Waals surface area (Å²) >= 11 is 5.96. The van der Waals surface area contributed by atoms with Crippen LogP contribution in [0.25, 0.3) is 11.4 Å². The van der Waals surface area contributed by atoms with E-state index in [1.807, 2.05) is 69.3 Å². The van der Waals surface area contributed by atoms with Crippen LogP contribution in [0.15, 0.2) is 60.8 Å². The highest BCUT2D eigenvalue weighted by atomic mass is 35.5. The van der Waals surface area contributed by atoms with E-state index in [1.54, 1.807) is 11.0 Å². The topological polar surface area (TPSA) is 66.4 Å². The Kier molecular flexibility index (Phi) is 5.03. The molecule has 3 aromatic rings. The maximum Gasteiger partial charge on any atom is 0.264 e. The molecule has 0 N–H and O–H groups in total. The van der Waals surface area contributed by atoms with Gasteiger partial charge in [-0.15, -0.1) is 11.6 Å². The number of hydrogen-bond donors (Lipinski definition) is 0. The fraction of sp³-hybridized carbons (Fsp3) is 0.217. The zero-order chi connectivity index (χ0) is 21.5. The minimum atomic E-state index is -0.539. The summed E-state index contributed by atoms with van der Waals surface area (Å²) in [7, 11) is 0. The van der Waals surface area contributed by atoms with Crippen molar-refractivity contribution >= 4 is 40.6 Å². The van der Waals surface area contributed by atoms with Gasteiger partial charge in [-0.3, -0.25) is 14.5 Å². The summed E-state index contributed by atoms with van der Waals surface area (Å²) in [5.41, 5.74) is 1.67. The second kappa shape index (κ2) is 7.54. The van der Waals surface area contributed by atoms with Gasteiger partial charge in [0.05, 0.1) is 11.4 Å². The predicted molar refractivity (Wildman–Crippen MR) is 118 cm³/mol. The minimum absolute atomic E-state index is 0.235. The van der Waals surface area contributed by atoms with Crippen LogP contribution in [0.1, 0.15) is 31.1 Å². The predicted octanol–water partition coefficient (Wildman–Crippen LogP) is 4.81. The largest absolute Gasteiger partial charge is 0.301 e. The van der Waals surface area contributed by atoms with Gasteiger partial charge in [-0.2, -0.15) is 0 Å². The number of alkyl halides is 1. The molecule has 1 aromatic heterocycles. The molecular weight excluding hydrogens is 400 g/mol. The van der Waals surface area contributed by atoms with Gasteiger partial charge in [0.2, 0.25) is 5.91 Å². The first-order valence-corrected chi connectivity index (χ1v) is 10.1. The molecule has 2 aromatic carbocycles. The highest BCUT2D eigenvalue weighted by molar-refractivity contribution is 6.31. The van der Waals surface area contributed by atoms with Crippen molar-refractivity contribution in [1.82, 2.24) is 9.97 Å². The van der Waals surface area contributed by atoms with Crippen molar-refractivity contribution in [3.8, 4) is 11.4 Å². The quantitative estimate of drug-likeness (QED) is 0.558. The highest BCUT2D eigenvalue weighted by Crippen LogP contribution is 2.42. The summed E-state index contributed by atoms with van der Waals surface area (Å²) in [6.45, 7) is 5.83. The molecule has 152 valence electrons. The monoisotopic (exact) mass is 420 g/mol. The van der Waals surface area contributed by atoms with E-state index in [9.17, 15) is 9.59 Å². The third-order valence-corrected chi connectivity index (χ3v) is 5.07. The van der Waals surface area contributed by atoms with Crippen LogP contribution in [0.2, 0.25) is 0 Å². The van der Waals surface area contributed by atoms with E-state index >= 15 is 0 Å². The van der Waals surface area contributed by atoms with E-state index in [4.69, 9.17) is 11.6 Å². The number of hydrogen-bond acceptors (Lipinski definition) is 4. The molecule has 0 bridgehead atoms. The smallest absolute Gasteiger partial charge is 0.264 e. The maximum absolute atomic E-state index is 13.6. The molecule has 0 saturated heterocycles. The van der Waals surface area contributed by atoms with Crippen molar-refractivity contribution in [1.29, 1.82) is 0 Å². The lowest BCUT2D eigenvalue weighted by Gasteiger charge is -2.35. The van der Waals surface area contributed by atoms with Gasteiger partial charge < -0.3 is 4.90 Å². The Bertz CT molecular complexity index is 1130. The maximum atomic E-state index is 13.6. The van der Waals surface area contributed by atoms with Crippen LogP contribution in [0.4, 0.5) is 17.2 Å². The van der Waals surface area contributed by atoms with Crippen LogP contribution in [-0.4, -0.2) is 33.2 Å². The Morgan fingerprint density at radius 2 is 1.63 bits per heavy atom. The molecule has 0 unspecified atom stereocenters. The first kappa shape index (κ1) is 20.0. The fourth-order valence-electron chi connectivity index (χ4n) is 3.58. The van der Waals surface area contributed by atoms with Gasteiger partial charge in [0.25, 0.3) is 5.91 Å². The van der Waals surface area contributed by atoms with Crippen LogP contribution in [0.3, 0.4) is 0 Å². The number of anilines is 3. The van der Waals surface area contributed by atoms with E-state index in [0.717, 1.165) is 5.56 Å². The first-order chi connectivity index (χ1) is 14.3. The van der Waals surface area contributed by atoms with Crippen molar-refractivity contribution in [2.45, 2.75) is 26.3 Å². The highest BCUT2D eigenvalue weighted by Gasteiger charge is 2.39. The Labute approximate surface area is 180 Å². The summed E-state index contributed by atoms with van der Waals surface area (Å²) in [4.78, 5) is 38.8. The minimum Gasteiger partial charge on any atom is -0.301 e. The molecule has 4 rings (SSSR count). The molecule has 0 atom stereocenters. The third-order valence-electron chi connectivity index (χ3n) is 4.84. The number of para-hydroxylation sites is 2. The van der Waals surface area contributed by atoms with Gasteiger partial charge in [-0.1, -0.05) is 42.5 Å². The Morgan fingerprint density at radius 1 is 1.00 bits per heavy atom. The fourth-order valence-corrected chi connectivity index (χ4v) is 3.70. The van der Waals surface area contributed by atoms with Gasteiger partial charge in [0.1, 0.15) is 11.4 Å². The summed E-state index contributed by atoms with van der Waals surface area (Å²) in [6, 6.07) is 16.7. The number of aromatic nitrogens is 2. The Hall–Kier alpha value is -3.25. The summed E-state index contributed by atoms with van der Waals surface area (Å²) in [5, 5.41) is 0. The average molecular weight is 421 g/mol. The lowest BCUT2D eigenvalue weighted by molar-refractivity contribution is -0.115. The second-order valence-electron chi connectivity index (χ2n) is 7.96. The lowest BCUT2D eigenvalue weighted by Crippen LogP contribution is -2.45. The number of carbonyl (C=O) groups excluding carboxylic acids is 2. The van der Waals surface area contributed by atoms with E-state index in [-0.39, 0.29) is 29.1 Å². The Morgan fingerprint density at radius 3 is 2.27 bits per heavy atom. The van der Waals surface area contributed by atoms with Gasteiger partial charge in [0.15, 0.2) is 11.6 Å². The standard InChI is InChI=1S/C23H21ClN4O2/c1-23(2,3)28-18-12-8-7-11-17(18)27(19(29)13-24)21-16(22(28)30)14-25-20(26-21)15-9-5-4-6-10-15/h4-12,14H,13H2,1-3H3. The van der Waals surface area contributed by atoms with Crippen molar-refractivity contribution in [3.63, 3.8) is 0 Å². The van der Waals surface area contributed by atoms with E-state index in [2.05, 4.69) is 9.97 Å².